The van der Waals surface area contributed by atoms with Crippen LogP contribution >= 0.6 is 12.2 Å². The van der Waals surface area contributed by atoms with Crippen LogP contribution in [0.2, 0.25) is 0 Å². The quantitative estimate of drug-likeness (QED) is 0.793. The van der Waals surface area contributed by atoms with E-state index in [2.05, 4.69) is 0 Å². The number of carbonyl (C=O) groups excluding carboxylic acids is 1. The molecule has 0 aliphatic heterocycles. The van der Waals surface area contributed by atoms with Crippen molar-refractivity contribution in [1.29, 1.82) is 0 Å². The summed E-state index contributed by atoms with van der Waals surface area (Å²) in [6.45, 7) is 0.0494. The van der Waals surface area contributed by atoms with Crippen molar-refractivity contribution in [2.45, 2.75) is 0 Å². The Hall–Kier alpha value is -1.46. The lowest BCUT2D eigenvalue weighted by atomic mass is 10.2. The molecular formula is C11H14N2O2S. The number of amides is 1. The van der Waals surface area contributed by atoms with Gasteiger partial charge in [0.25, 0.3) is 5.91 Å². The average Bonchev–Trinajstić information content (AvgIpc) is 2.28. The summed E-state index contributed by atoms with van der Waals surface area (Å²) in [6, 6.07) is 7.20. The number of hydrogen-bond acceptors (Lipinski definition) is 3. The molecule has 5 heteroatoms. The largest absolute Gasteiger partial charge is 0.389 e. The van der Waals surface area contributed by atoms with Gasteiger partial charge in [0, 0.05) is 25.4 Å². The topological polar surface area (TPSA) is 55.6 Å². The summed E-state index contributed by atoms with van der Waals surface area (Å²) in [4.78, 5) is 13.4. The van der Waals surface area contributed by atoms with Crippen LogP contribution in [0.4, 0.5) is 5.69 Å². The minimum absolute atomic E-state index is 0.0494. The standard InChI is InChI=1S/C11H14N2O2S/c1-13(10(14)7-15-2)9-5-3-4-8(6-9)11(12)16/h3-6H,7H2,1-2H3,(H2,12,16). The second-order valence-electron chi connectivity index (χ2n) is 3.30. The molecule has 0 saturated heterocycles. The minimum atomic E-state index is -0.123. The van der Waals surface area contributed by atoms with Crippen LogP contribution in [0.15, 0.2) is 24.3 Å². The Morgan fingerprint density at radius 3 is 2.81 bits per heavy atom. The molecule has 0 radical (unpaired) electrons. The van der Waals surface area contributed by atoms with E-state index in [9.17, 15) is 4.79 Å². The van der Waals surface area contributed by atoms with E-state index in [0.717, 1.165) is 11.3 Å². The van der Waals surface area contributed by atoms with Crippen LogP contribution in [0.3, 0.4) is 0 Å². The summed E-state index contributed by atoms with van der Waals surface area (Å²) in [6.07, 6.45) is 0. The van der Waals surface area contributed by atoms with E-state index < -0.39 is 0 Å². The van der Waals surface area contributed by atoms with Crippen molar-refractivity contribution in [3.8, 4) is 0 Å². The molecule has 86 valence electrons. The molecule has 0 unspecified atom stereocenters. The predicted octanol–water partition coefficient (Wildman–Crippen LogP) is 0.930. The first-order valence-electron chi connectivity index (χ1n) is 4.71. The zero-order chi connectivity index (χ0) is 12.1. The van der Waals surface area contributed by atoms with Crippen LogP contribution in [0.25, 0.3) is 0 Å². The Bertz CT molecular complexity index is 407. The molecule has 0 fully saturated rings. The monoisotopic (exact) mass is 238 g/mol. The Morgan fingerprint density at radius 2 is 2.25 bits per heavy atom. The van der Waals surface area contributed by atoms with Crippen molar-refractivity contribution < 1.29 is 9.53 Å². The first-order chi connectivity index (χ1) is 7.56. The van der Waals surface area contributed by atoms with E-state index in [0.29, 0.717) is 4.99 Å². The molecule has 1 aromatic carbocycles. The van der Waals surface area contributed by atoms with Gasteiger partial charge in [0.2, 0.25) is 0 Å². The highest BCUT2D eigenvalue weighted by Gasteiger charge is 2.10. The summed E-state index contributed by atoms with van der Waals surface area (Å²) < 4.78 is 4.78. The van der Waals surface area contributed by atoms with E-state index in [1.54, 1.807) is 25.2 Å². The molecule has 4 nitrogen and oxygen atoms in total. The van der Waals surface area contributed by atoms with Crippen LogP contribution in [0.5, 0.6) is 0 Å². The van der Waals surface area contributed by atoms with E-state index in [1.165, 1.54) is 12.0 Å². The summed E-state index contributed by atoms with van der Waals surface area (Å²) in [5.41, 5.74) is 7.00. The highest BCUT2D eigenvalue weighted by molar-refractivity contribution is 7.80. The number of nitrogens with two attached hydrogens (primary N) is 1. The maximum absolute atomic E-state index is 11.6. The summed E-state index contributed by atoms with van der Waals surface area (Å²) in [7, 11) is 3.16. The third-order valence-corrected chi connectivity index (χ3v) is 2.40. The van der Waals surface area contributed by atoms with Gasteiger partial charge in [-0.2, -0.15) is 0 Å². The third kappa shape index (κ3) is 3.01. The molecule has 0 spiro atoms. The first-order valence-corrected chi connectivity index (χ1v) is 5.12. The van der Waals surface area contributed by atoms with Gasteiger partial charge in [-0.05, 0) is 12.1 Å². The van der Waals surface area contributed by atoms with Crippen molar-refractivity contribution in [2.75, 3.05) is 25.7 Å². The second-order valence-corrected chi connectivity index (χ2v) is 3.74. The number of nitrogens with zero attached hydrogens (tertiary/aromatic N) is 1. The fourth-order valence-electron chi connectivity index (χ4n) is 1.23. The van der Waals surface area contributed by atoms with Gasteiger partial charge < -0.3 is 15.4 Å². The van der Waals surface area contributed by atoms with E-state index in [4.69, 9.17) is 22.7 Å². The Balaban J connectivity index is 2.91. The molecular weight excluding hydrogens is 224 g/mol. The average molecular weight is 238 g/mol. The number of thiocarbonyl (C=S) groups is 1. The Kier molecular flexibility index (Phi) is 4.39. The van der Waals surface area contributed by atoms with Crippen LogP contribution in [0, 0.1) is 0 Å². The van der Waals surface area contributed by atoms with Crippen molar-refractivity contribution in [1.82, 2.24) is 0 Å². The Labute approximate surface area is 100.0 Å². The third-order valence-electron chi connectivity index (χ3n) is 2.16. The van der Waals surface area contributed by atoms with Crippen molar-refractivity contribution >= 4 is 28.8 Å². The molecule has 0 atom stereocenters. The molecule has 1 amide bonds. The maximum atomic E-state index is 11.6. The molecule has 0 bridgehead atoms. The number of carbonyl (C=O) groups is 1. The molecule has 0 aliphatic rings. The molecule has 1 rings (SSSR count). The van der Waals surface area contributed by atoms with Gasteiger partial charge in [-0.25, -0.2) is 0 Å². The minimum Gasteiger partial charge on any atom is -0.389 e. The van der Waals surface area contributed by atoms with Crippen molar-refractivity contribution in [3.05, 3.63) is 29.8 Å². The highest BCUT2D eigenvalue weighted by atomic mass is 32.1. The smallest absolute Gasteiger partial charge is 0.252 e. The lowest BCUT2D eigenvalue weighted by Gasteiger charge is -2.17. The Morgan fingerprint density at radius 1 is 1.56 bits per heavy atom. The van der Waals surface area contributed by atoms with Gasteiger partial charge in [-0.3, -0.25) is 4.79 Å². The number of anilines is 1. The summed E-state index contributed by atoms with van der Waals surface area (Å²) in [5, 5.41) is 0. The van der Waals surface area contributed by atoms with Gasteiger partial charge >= 0.3 is 0 Å². The van der Waals surface area contributed by atoms with E-state index in [1.807, 2.05) is 6.07 Å². The van der Waals surface area contributed by atoms with Crippen LogP contribution in [-0.2, 0) is 9.53 Å². The number of hydrogen-bond donors (Lipinski definition) is 1. The van der Waals surface area contributed by atoms with E-state index >= 15 is 0 Å². The lowest BCUT2D eigenvalue weighted by molar-refractivity contribution is -0.121. The predicted molar refractivity (Wildman–Crippen MR) is 67.6 cm³/mol. The van der Waals surface area contributed by atoms with Gasteiger partial charge in [-0.1, -0.05) is 24.4 Å². The second kappa shape index (κ2) is 5.58. The van der Waals surface area contributed by atoms with E-state index in [-0.39, 0.29) is 12.5 Å². The molecule has 0 aliphatic carbocycles. The highest BCUT2D eigenvalue weighted by Crippen LogP contribution is 2.15. The van der Waals surface area contributed by atoms with Crippen molar-refractivity contribution in [2.24, 2.45) is 5.73 Å². The number of rotatable bonds is 4. The van der Waals surface area contributed by atoms with Gasteiger partial charge in [-0.15, -0.1) is 0 Å². The summed E-state index contributed by atoms with van der Waals surface area (Å²) >= 11 is 4.87. The molecule has 2 N–H and O–H groups in total. The normalized spacial score (nSPS) is 9.88. The van der Waals surface area contributed by atoms with Gasteiger partial charge in [0.05, 0.1) is 0 Å². The molecule has 0 saturated carbocycles. The summed E-state index contributed by atoms with van der Waals surface area (Å²) in [5.74, 6) is -0.123. The lowest BCUT2D eigenvalue weighted by Crippen LogP contribution is -2.29. The van der Waals surface area contributed by atoms with Gasteiger partial charge in [0.15, 0.2) is 0 Å². The molecule has 16 heavy (non-hydrogen) atoms. The van der Waals surface area contributed by atoms with Crippen LogP contribution in [0.1, 0.15) is 5.56 Å². The fraction of sp³-hybridized carbons (Fsp3) is 0.273. The fourth-order valence-corrected chi connectivity index (χ4v) is 1.36. The SMILES string of the molecule is COCC(=O)N(C)c1cccc(C(N)=S)c1. The number of likely N-dealkylation sites (N-methyl/N-ethyl adjacent to an activating group) is 1. The maximum Gasteiger partial charge on any atom is 0.252 e. The number of benzene rings is 1. The molecule has 0 heterocycles. The molecule has 0 aromatic heterocycles. The first kappa shape index (κ1) is 12.6. The number of methoxy groups -OCH3 is 1. The zero-order valence-corrected chi connectivity index (χ0v) is 10.1. The number of ether oxygens (including phenoxy) is 1. The zero-order valence-electron chi connectivity index (χ0n) is 9.27. The van der Waals surface area contributed by atoms with Crippen molar-refractivity contribution in [3.63, 3.8) is 0 Å². The van der Waals surface area contributed by atoms with Gasteiger partial charge in [0.1, 0.15) is 11.6 Å². The molecule has 1 aromatic rings. The van der Waals surface area contributed by atoms with Crippen LogP contribution in [-0.4, -0.2) is 31.7 Å². The van der Waals surface area contributed by atoms with Crippen LogP contribution < -0.4 is 10.6 Å².